The van der Waals surface area contributed by atoms with Gasteiger partial charge in [0, 0.05) is 24.0 Å². The lowest BCUT2D eigenvalue weighted by atomic mass is 10.2. The first-order valence-electron chi connectivity index (χ1n) is 7.88. The number of halogens is 1. The number of anilines is 3. The molecule has 0 saturated carbocycles. The Labute approximate surface area is 157 Å². The molecule has 0 fully saturated rings. The highest BCUT2D eigenvalue weighted by atomic mass is 19.1. The average molecular weight is 384 g/mol. The van der Waals surface area contributed by atoms with Crippen LogP contribution < -0.4 is 10.6 Å². The zero-order chi connectivity index (χ0) is 20.1. The standard InChI is InChI=1S/C17H13FN6O4/c18-11-1-2-12(14(7-11)24(27)28)21-15-8-13(10-3-5-19-6-4-10)22-17(23-15)20-9-16(25)26/h1-8H,9H2,(H,25,26)(H2,20,21,22,23). The van der Waals surface area contributed by atoms with Gasteiger partial charge in [-0.2, -0.15) is 4.98 Å². The van der Waals surface area contributed by atoms with E-state index in [2.05, 4.69) is 25.6 Å². The second kappa shape index (κ2) is 8.03. The predicted molar refractivity (Wildman–Crippen MR) is 97.7 cm³/mol. The lowest BCUT2D eigenvalue weighted by Gasteiger charge is -2.11. The lowest BCUT2D eigenvalue weighted by Crippen LogP contribution is -2.15. The second-order valence-electron chi connectivity index (χ2n) is 5.49. The summed E-state index contributed by atoms with van der Waals surface area (Å²) in [6.07, 6.45) is 3.11. The van der Waals surface area contributed by atoms with E-state index in [1.165, 1.54) is 12.1 Å². The molecule has 11 heteroatoms. The molecule has 0 bridgehead atoms. The fraction of sp³-hybridized carbons (Fsp3) is 0.0588. The fourth-order valence-electron chi connectivity index (χ4n) is 2.32. The molecule has 0 aliphatic heterocycles. The van der Waals surface area contributed by atoms with E-state index >= 15 is 0 Å². The van der Waals surface area contributed by atoms with Gasteiger partial charge < -0.3 is 15.7 Å². The van der Waals surface area contributed by atoms with Gasteiger partial charge in [-0.25, -0.2) is 9.37 Å². The van der Waals surface area contributed by atoms with E-state index in [1.807, 2.05) is 0 Å². The Morgan fingerprint density at radius 3 is 2.61 bits per heavy atom. The molecule has 0 saturated heterocycles. The van der Waals surface area contributed by atoms with Gasteiger partial charge >= 0.3 is 5.97 Å². The minimum absolute atomic E-state index is 0.00368. The summed E-state index contributed by atoms with van der Waals surface area (Å²) in [4.78, 5) is 33.5. The van der Waals surface area contributed by atoms with Crippen LogP contribution in [0.15, 0.2) is 48.8 Å². The van der Waals surface area contributed by atoms with Crippen LogP contribution in [-0.4, -0.2) is 37.5 Å². The Bertz CT molecular complexity index is 1030. The van der Waals surface area contributed by atoms with Crippen LogP contribution in [0.4, 0.5) is 27.5 Å². The van der Waals surface area contributed by atoms with Crippen LogP contribution in [0.3, 0.4) is 0 Å². The number of carboxylic acid groups (broad SMARTS) is 1. The highest BCUT2D eigenvalue weighted by molar-refractivity contribution is 5.74. The second-order valence-corrected chi connectivity index (χ2v) is 5.49. The van der Waals surface area contributed by atoms with Crippen molar-refractivity contribution in [2.45, 2.75) is 0 Å². The van der Waals surface area contributed by atoms with Crippen LogP contribution in [0.5, 0.6) is 0 Å². The van der Waals surface area contributed by atoms with E-state index in [0.29, 0.717) is 11.3 Å². The Morgan fingerprint density at radius 2 is 1.93 bits per heavy atom. The molecule has 10 nitrogen and oxygen atoms in total. The van der Waals surface area contributed by atoms with Gasteiger partial charge in [-0.3, -0.25) is 19.9 Å². The predicted octanol–water partition coefficient (Wildman–Crippen LogP) is 2.83. The molecule has 28 heavy (non-hydrogen) atoms. The summed E-state index contributed by atoms with van der Waals surface area (Å²) in [5.41, 5.74) is 0.657. The van der Waals surface area contributed by atoms with Crippen molar-refractivity contribution in [3.8, 4) is 11.3 Å². The smallest absolute Gasteiger partial charge is 0.322 e. The molecular weight excluding hydrogens is 371 g/mol. The number of nitrogens with one attached hydrogen (secondary N) is 2. The van der Waals surface area contributed by atoms with Crippen molar-refractivity contribution in [1.29, 1.82) is 0 Å². The Hall–Kier alpha value is -4.15. The van der Waals surface area contributed by atoms with Gasteiger partial charge in [-0.1, -0.05) is 0 Å². The highest BCUT2D eigenvalue weighted by Gasteiger charge is 2.16. The van der Waals surface area contributed by atoms with E-state index in [1.54, 1.807) is 24.5 Å². The fourth-order valence-corrected chi connectivity index (χ4v) is 2.32. The van der Waals surface area contributed by atoms with Gasteiger partial charge in [0.25, 0.3) is 5.69 Å². The summed E-state index contributed by atoms with van der Waals surface area (Å²) in [6.45, 7) is -0.421. The number of nitro benzene ring substituents is 1. The summed E-state index contributed by atoms with van der Waals surface area (Å²) in [7, 11) is 0. The van der Waals surface area contributed by atoms with Gasteiger partial charge in [0.1, 0.15) is 23.9 Å². The van der Waals surface area contributed by atoms with Crippen molar-refractivity contribution in [3.63, 3.8) is 0 Å². The summed E-state index contributed by atoms with van der Waals surface area (Å²) in [5.74, 6) is -1.70. The molecule has 0 unspecified atom stereocenters. The van der Waals surface area contributed by atoms with Crippen molar-refractivity contribution >= 4 is 29.1 Å². The number of rotatable bonds is 7. The molecule has 0 atom stereocenters. The van der Waals surface area contributed by atoms with Crippen LogP contribution in [0.25, 0.3) is 11.3 Å². The minimum atomic E-state index is -1.11. The number of nitro groups is 1. The maximum Gasteiger partial charge on any atom is 0.322 e. The van der Waals surface area contributed by atoms with Gasteiger partial charge in [-0.05, 0) is 24.3 Å². The number of hydrogen-bond donors (Lipinski definition) is 3. The van der Waals surface area contributed by atoms with Crippen molar-refractivity contribution in [3.05, 3.63) is 64.7 Å². The molecule has 3 N–H and O–H groups in total. The average Bonchev–Trinajstić information content (AvgIpc) is 2.68. The molecule has 3 aromatic rings. The number of carbonyl (C=O) groups is 1. The van der Waals surface area contributed by atoms with Crippen molar-refractivity contribution in [2.24, 2.45) is 0 Å². The number of aliphatic carboxylic acids is 1. The number of pyridine rings is 1. The van der Waals surface area contributed by atoms with Crippen LogP contribution in [-0.2, 0) is 4.79 Å². The number of benzene rings is 1. The SMILES string of the molecule is O=C(O)CNc1nc(Nc2ccc(F)cc2[N+](=O)[O-])cc(-c2ccncc2)n1. The molecule has 2 aromatic heterocycles. The molecule has 0 spiro atoms. The van der Waals surface area contributed by atoms with E-state index in [0.717, 1.165) is 12.1 Å². The van der Waals surface area contributed by atoms with Crippen molar-refractivity contribution in [2.75, 3.05) is 17.2 Å². The summed E-state index contributed by atoms with van der Waals surface area (Å²) < 4.78 is 13.3. The van der Waals surface area contributed by atoms with E-state index in [9.17, 15) is 19.3 Å². The first-order valence-corrected chi connectivity index (χ1v) is 7.88. The van der Waals surface area contributed by atoms with Gasteiger partial charge in [0.15, 0.2) is 0 Å². The molecule has 142 valence electrons. The normalized spacial score (nSPS) is 10.3. The molecule has 3 rings (SSSR count). The largest absolute Gasteiger partial charge is 0.480 e. The third kappa shape index (κ3) is 4.52. The van der Waals surface area contributed by atoms with Crippen LogP contribution >= 0.6 is 0 Å². The number of hydrogen-bond acceptors (Lipinski definition) is 8. The Kier molecular flexibility index (Phi) is 5.35. The van der Waals surface area contributed by atoms with Crippen molar-refractivity contribution < 1.29 is 19.2 Å². The van der Waals surface area contributed by atoms with Crippen LogP contribution in [0.2, 0.25) is 0 Å². The zero-order valence-electron chi connectivity index (χ0n) is 14.2. The van der Waals surface area contributed by atoms with Crippen LogP contribution in [0, 0.1) is 15.9 Å². The third-order valence-corrected chi connectivity index (χ3v) is 3.52. The molecule has 0 aliphatic rings. The number of carboxylic acids is 1. The molecule has 0 aliphatic carbocycles. The molecule has 0 amide bonds. The van der Waals surface area contributed by atoms with Crippen molar-refractivity contribution in [1.82, 2.24) is 15.0 Å². The zero-order valence-corrected chi connectivity index (χ0v) is 14.2. The topological polar surface area (TPSA) is 143 Å². The van der Waals surface area contributed by atoms with E-state index < -0.39 is 28.9 Å². The first-order chi connectivity index (χ1) is 13.4. The van der Waals surface area contributed by atoms with E-state index in [4.69, 9.17) is 5.11 Å². The molecule has 0 radical (unpaired) electrons. The van der Waals surface area contributed by atoms with E-state index in [-0.39, 0.29) is 17.5 Å². The molecular formula is C17H13FN6O4. The molecule has 2 heterocycles. The van der Waals surface area contributed by atoms with Gasteiger partial charge in [-0.15, -0.1) is 0 Å². The maximum absolute atomic E-state index is 13.3. The molecule has 1 aromatic carbocycles. The number of aromatic nitrogens is 3. The summed E-state index contributed by atoms with van der Waals surface area (Å²) in [5, 5.41) is 25.3. The highest BCUT2D eigenvalue weighted by Crippen LogP contribution is 2.29. The quantitative estimate of drug-likeness (QED) is 0.414. The monoisotopic (exact) mass is 384 g/mol. The summed E-state index contributed by atoms with van der Waals surface area (Å²) >= 11 is 0. The number of nitrogens with zero attached hydrogens (tertiary/aromatic N) is 4. The Morgan fingerprint density at radius 1 is 1.18 bits per heavy atom. The minimum Gasteiger partial charge on any atom is -0.480 e. The summed E-state index contributed by atoms with van der Waals surface area (Å²) in [6, 6.07) is 7.97. The third-order valence-electron chi connectivity index (χ3n) is 3.52. The van der Waals surface area contributed by atoms with Gasteiger partial charge in [0.2, 0.25) is 5.95 Å². The first kappa shape index (κ1) is 18.6. The van der Waals surface area contributed by atoms with Gasteiger partial charge in [0.05, 0.1) is 16.7 Å². The maximum atomic E-state index is 13.3. The van der Waals surface area contributed by atoms with Crippen LogP contribution in [0.1, 0.15) is 0 Å². The Balaban J connectivity index is 2.01. The lowest BCUT2D eigenvalue weighted by molar-refractivity contribution is -0.384.